The molecule has 0 aliphatic carbocycles. The van der Waals surface area contributed by atoms with Crippen molar-refractivity contribution in [3.8, 4) is 0 Å². The highest BCUT2D eigenvalue weighted by Gasteiger charge is 1.88. The number of carbonyl (C=O) groups is 1. The van der Waals surface area contributed by atoms with Crippen LogP contribution in [0.25, 0.3) is 0 Å². The third-order valence-electron chi connectivity index (χ3n) is 1.33. The Morgan fingerprint density at radius 3 is 2.64 bits per heavy atom. The van der Waals surface area contributed by atoms with E-state index in [1.54, 1.807) is 0 Å². The van der Waals surface area contributed by atoms with Gasteiger partial charge in [-0.15, -0.1) is 0 Å². The molecule has 0 bridgehead atoms. The Kier molecular flexibility index (Phi) is 8.87. The van der Waals surface area contributed by atoms with Gasteiger partial charge in [-0.05, 0) is 19.4 Å². The maximum absolute atomic E-state index is 9.69. The Labute approximate surface area is 67.0 Å². The third kappa shape index (κ3) is 9.39. The number of rotatable bonds is 8. The van der Waals surface area contributed by atoms with E-state index < -0.39 is 0 Å². The number of nitrogens with one attached hydrogen (secondary N) is 1. The highest BCUT2D eigenvalue weighted by Crippen LogP contribution is 1.97. The quantitative estimate of drug-likeness (QED) is 0.302. The van der Waals surface area contributed by atoms with E-state index >= 15 is 0 Å². The SMILES string of the molecule is NCCCCCCONC=O. The summed E-state index contributed by atoms with van der Waals surface area (Å²) in [6, 6.07) is 0. The zero-order valence-corrected chi connectivity index (χ0v) is 6.71. The number of hydrogen-bond acceptors (Lipinski definition) is 3. The molecule has 0 aromatic rings. The minimum atomic E-state index is 0.528. The van der Waals surface area contributed by atoms with Gasteiger partial charge < -0.3 is 5.73 Å². The van der Waals surface area contributed by atoms with Crippen molar-refractivity contribution in [2.24, 2.45) is 5.73 Å². The molecule has 0 spiro atoms. The Morgan fingerprint density at radius 2 is 2.00 bits per heavy atom. The molecule has 1 amide bonds. The van der Waals surface area contributed by atoms with E-state index in [0.717, 1.165) is 32.2 Å². The summed E-state index contributed by atoms with van der Waals surface area (Å²) in [5.41, 5.74) is 7.43. The van der Waals surface area contributed by atoms with E-state index in [1.165, 1.54) is 0 Å². The zero-order chi connectivity index (χ0) is 8.36. The van der Waals surface area contributed by atoms with E-state index in [-0.39, 0.29) is 0 Å². The second-order valence-electron chi connectivity index (χ2n) is 2.29. The largest absolute Gasteiger partial charge is 0.330 e. The van der Waals surface area contributed by atoms with Crippen molar-refractivity contribution in [2.45, 2.75) is 25.7 Å². The summed E-state index contributed by atoms with van der Waals surface area (Å²) in [6.07, 6.45) is 4.82. The maximum Gasteiger partial charge on any atom is 0.230 e. The topological polar surface area (TPSA) is 64.3 Å². The first-order chi connectivity index (χ1) is 5.41. The van der Waals surface area contributed by atoms with Crippen LogP contribution in [0.15, 0.2) is 0 Å². The molecule has 4 nitrogen and oxygen atoms in total. The molecular formula is C7H16N2O2. The van der Waals surface area contributed by atoms with Gasteiger partial charge in [-0.3, -0.25) is 9.63 Å². The number of carbonyl (C=O) groups excluding carboxylic acids is 1. The summed E-state index contributed by atoms with van der Waals surface area (Å²) >= 11 is 0. The Morgan fingerprint density at radius 1 is 1.27 bits per heavy atom. The third-order valence-corrected chi connectivity index (χ3v) is 1.33. The summed E-state index contributed by atoms with van der Waals surface area (Å²) in [6.45, 7) is 1.34. The lowest BCUT2D eigenvalue weighted by molar-refractivity contribution is -0.120. The Bertz CT molecular complexity index is 88.5. The number of unbranched alkanes of at least 4 members (excludes halogenated alkanes) is 3. The fourth-order valence-corrected chi connectivity index (χ4v) is 0.765. The highest BCUT2D eigenvalue weighted by atomic mass is 16.6. The average Bonchev–Trinajstić information content (AvgIpc) is 2.03. The fraction of sp³-hybridized carbons (Fsp3) is 0.857. The van der Waals surface area contributed by atoms with Crippen LogP contribution in [0, 0.1) is 0 Å². The number of hydroxylamine groups is 1. The highest BCUT2D eigenvalue weighted by molar-refractivity contribution is 5.43. The second-order valence-corrected chi connectivity index (χ2v) is 2.29. The van der Waals surface area contributed by atoms with Crippen LogP contribution >= 0.6 is 0 Å². The standard InChI is InChI=1S/C7H16N2O2/c8-5-3-1-2-4-6-11-9-7-10/h7H,1-6,8H2,(H,9,10). The van der Waals surface area contributed by atoms with Crippen molar-refractivity contribution < 1.29 is 9.63 Å². The summed E-state index contributed by atoms with van der Waals surface area (Å²) in [5, 5.41) is 0. The molecular weight excluding hydrogens is 144 g/mol. The van der Waals surface area contributed by atoms with E-state index in [9.17, 15) is 4.79 Å². The molecule has 0 atom stereocenters. The first-order valence-corrected chi connectivity index (χ1v) is 3.93. The number of amides is 1. The van der Waals surface area contributed by atoms with E-state index in [4.69, 9.17) is 10.6 Å². The van der Waals surface area contributed by atoms with Crippen LogP contribution in [-0.2, 0) is 9.63 Å². The van der Waals surface area contributed by atoms with Gasteiger partial charge in [0.05, 0.1) is 6.61 Å². The van der Waals surface area contributed by atoms with Crippen LogP contribution < -0.4 is 11.2 Å². The predicted molar refractivity (Wildman–Crippen MR) is 42.7 cm³/mol. The maximum atomic E-state index is 9.69. The molecule has 4 heteroatoms. The molecule has 0 rings (SSSR count). The molecule has 0 fully saturated rings. The summed E-state index contributed by atoms with van der Waals surface area (Å²) in [7, 11) is 0. The van der Waals surface area contributed by atoms with Crippen LogP contribution in [0.1, 0.15) is 25.7 Å². The first-order valence-electron chi connectivity index (χ1n) is 3.93. The van der Waals surface area contributed by atoms with Crippen molar-refractivity contribution in [2.75, 3.05) is 13.2 Å². The van der Waals surface area contributed by atoms with Crippen molar-refractivity contribution in [1.29, 1.82) is 0 Å². The van der Waals surface area contributed by atoms with Crippen LogP contribution in [0.3, 0.4) is 0 Å². The minimum absolute atomic E-state index is 0.528. The minimum Gasteiger partial charge on any atom is -0.330 e. The number of hydrogen-bond donors (Lipinski definition) is 2. The van der Waals surface area contributed by atoms with Crippen LogP contribution in [-0.4, -0.2) is 19.6 Å². The Hall–Kier alpha value is -0.610. The molecule has 11 heavy (non-hydrogen) atoms. The molecule has 3 N–H and O–H groups in total. The predicted octanol–water partition coefficient (Wildman–Crippen LogP) is 0.183. The van der Waals surface area contributed by atoms with E-state index in [2.05, 4.69) is 5.48 Å². The van der Waals surface area contributed by atoms with E-state index in [1.807, 2.05) is 0 Å². The average molecular weight is 160 g/mol. The van der Waals surface area contributed by atoms with Gasteiger partial charge >= 0.3 is 0 Å². The first kappa shape index (κ1) is 10.4. The normalized spacial score (nSPS) is 9.55. The lowest BCUT2D eigenvalue weighted by Gasteiger charge is -1.99. The molecule has 0 unspecified atom stereocenters. The molecule has 0 aromatic carbocycles. The van der Waals surface area contributed by atoms with Gasteiger partial charge in [0.25, 0.3) is 0 Å². The second kappa shape index (κ2) is 9.39. The van der Waals surface area contributed by atoms with Gasteiger partial charge in [-0.1, -0.05) is 12.8 Å². The molecule has 0 saturated carbocycles. The fourth-order valence-electron chi connectivity index (χ4n) is 0.765. The zero-order valence-electron chi connectivity index (χ0n) is 6.71. The summed E-state index contributed by atoms with van der Waals surface area (Å²) in [5.74, 6) is 0. The molecule has 0 aromatic heterocycles. The van der Waals surface area contributed by atoms with Crippen molar-refractivity contribution >= 4 is 6.41 Å². The van der Waals surface area contributed by atoms with Gasteiger partial charge in [-0.2, -0.15) is 0 Å². The summed E-state index contributed by atoms with van der Waals surface area (Å²) in [4.78, 5) is 14.4. The van der Waals surface area contributed by atoms with Gasteiger partial charge in [0, 0.05) is 0 Å². The van der Waals surface area contributed by atoms with Crippen molar-refractivity contribution in [3.63, 3.8) is 0 Å². The van der Waals surface area contributed by atoms with Gasteiger partial charge in [0.2, 0.25) is 6.41 Å². The van der Waals surface area contributed by atoms with Crippen molar-refractivity contribution in [1.82, 2.24) is 5.48 Å². The molecule has 0 aliphatic rings. The summed E-state index contributed by atoms with van der Waals surface area (Å²) < 4.78 is 0. The lowest BCUT2D eigenvalue weighted by Crippen LogP contribution is -2.12. The van der Waals surface area contributed by atoms with E-state index in [0.29, 0.717) is 13.0 Å². The number of nitrogens with two attached hydrogens (primary N) is 1. The van der Waals surface area contributed by atoms with Crippen LogP contribution in [0.5, 0.6) is 0 Å². The molecule has 0 heterocycles. The molecule has 0 saturated heterocycles. The molecule has 0 aliphatic heterocycles. The van der Waals surface area contributed by atoms with Crippen molar-refractivity contribution in [3.05, 3.63) is 0 Å². The Balaban J connectivity index is 2.74. The molecule has 0 radical (unpaired) electrons. The van der Waals surface area contributed by atoms with Crippen LogP contribution in [0.4, 0.5) is 0 Å². The van der Waals surface area contributed by atoms with Gasteiger partial charge in [0.15, 0.2) is 0 Å². The molecule has 66 valence electrons. The van der Waals surface area contributed by atoms with Gasteiger partial charge in [0.1, 0.15) is 0 Å². The van der Waals surface area contributed by atoms with Gasteiger partial charge in [-0.25, -0.2) is 5.48 Å². The lowest BCUT2D eigenvalue weighted by atomic mass is 10.2. The smallest absolute Gasteiger partial charge is 0.230 e. The monoisotopic (exact) mass is 160 g/mol. The van der Waals surface area contributed by atoms with Crippen LogP contribution in [0.2, 0.25) is 0 Å².